The van der Waals surface area contributed by atoms with Crippen molar-refractivity contribution >= 4 is 22.6 Å². The Hall–Kier alpha value is -2.94. The number of likely N-dealkylation sites (tertiary alicyclic amines) is 1. The van der Waals surface area contributed by atoms with Gasteiger partial charge in [-0.2, -0.15) is 10.2 Å². The van der Waals surface area contributed by atoms with E-state index in [-0.39, 0.29) is 17.5 Å². The Morgan fingerprint density at radius 3 is 2.79 bits per heavy atom. The van der Waals surface area contributed by atoms with Crippen molar-refractivity contribution in [1.82, 2.24) is 29.9 Å². The number of nitrogens with one attached hydrogen (secondary N) is 2. The van der Waals surface area contributed by atoms with Gasteiger partial charge in [-0.1, -0.05) is 13.8 Å². The Morgan fingerprint density at radius 2 is 2.09 bits per heavy atom. The number of aromatic amines is 1. The molecule has 33 heavy (non-hydrogen) atoms. The number of hydrogen-bond donors (Lipinski definition) is 3. The molecule has 3 aromatic rings. The van der Waals surface area contributed by atoms with Crippen molar-refractivity contribution < 1.29 is 9.90 Å². The molecule has 176 valence electrons. The maximum atomic E-state index is 13.4. The maximum Gasteiger partial charge on any atom is 0.322 e. The van der Waals surface area contributed by atoms with Gasteiger partial charge in [0.05, 0.1) is 34.9 Å². The van der Waals surface area contributed by atoms with Gasteiger partial charge in [-0.15, -0.1) is 0 Å². The fourth-order valence-electron chi connectivity index (χ4n) is 4.98. The molecular formula is C24H33N7O2. The number of H-pyrrole nitrogens is 1. The summed E-state index contributed by atoms with van der Waals surface area (Å²) < 4.78 is 1.99. The minimum atomic E-state index is -0.811. The first-order valence-corrected chi connectivity index (χ1v) is 11.8. The molecule has 5 rings (SSSR count). The number of amides is 2. The predicted molar refractivity (Wildman–Crippen MR) is 127 cm³/mol. The Morgan fingerprint density at radius 1 is 1.30 bits per heavy atom. The molecule has 1 aliphatic carbocycles. The van der Waals surface area contributed by atoms with Gasteiger partial charge in [-0.25, -0.2) is 4.79 Å². The monoisotopic (exact) mass is 451 g/mol. The number of piperidine rings is 1. The van der Waals surface area contributed by atoms with Gasteiger partial charge in [-0.05, 0) is 51.5 Å². The minimum absolute atomic E-state index is 0.0589. The summed E-state index contributed by atoms with van der Waals surface area (Å²) in [5.41, 5.74) is 2.10. The zero-order valence-corrected chi connectivity index (χ0v) is 19.8. The van der Waals surface area contributed by atoms with Gasteiger partial charge in [-0.3, -0.25) is 14.8 Å². The number of anilines is 1. The molecule has 3 N–H and O–H groups in total. The first kappa shape index (κ1) is 21.9. The van der Waals surface area contributed by atoms with E-state index in [1.165, 1.54) is 0 Å². The van der Waals surface area contributed by atoms with Crippen LogP contribution in [0.4, 0.5) is 10.5 Å². The lowest BCUT2D eigenvalue weighted by Gasteiger charge is -2.44. The molecule has 3 aromatic heterocycles. The number of nitrogens with zero attached hydrogens (tertiary/aromatic N) is 5. The van der Waals surface area contributed by atoms with E-state index in [1.807, 2.05) is 35.7 Å². The summed E-state index contributed by atoms with van der Waals surface area (Å²) in [5, 5.41) is 26.3. The molecule has 9 nitrogen and oxygen atoms in total. The van der Waals surface area contributed by atoms with Crippen LogP contribution in [0.15, 0.2) is 24.7 Å². The van der Waals surface area contributed by atoms with Gasteiger partial charge < -0.3 is 15.3 Å². The third-order valence-electron chi connectivity index (χ3n) is 7.21. The standard InChI is InChI=1S/C24H33N7O2/c1-15(2)13-31-20-9-18(25-10-16(20)11-27-31)21-19(12-26-29-21)28-22(32)30-14-17(23(3,4)33)5-6-24(30)7-8-24/h9-12,15,17,33H,5-8,13-14H2,1-4H3,(H,26,29)(H,28,32). The summed E-state index contributed by atoms with van der Waals surface area (Å²) >= 11 is 0. The lowest BCUT2D eigenvalue weighted by Crippen LogP contribution is -2.54. The summed E-state index contributed by atoms with van der Waals surface area (Å²) in [4.78, 5) is 19.9. The van der Waals surface area contributed by atoms with Gasteiger partial charge in [0, 0.05) is 36.1 Å². The SMILES string of the molecule is CC(C)Cn1ncc2cnc(-c3[nH]ncc3NC(=O)N3CC(C(C)(C)O)CCC34CC4)cc21. The summed E-state index contributed by atoms with van der Waals surface area (Å²) in [6, 6.07) is 1.84. The number of urea groups is 1. The number of aliphatic hydroxyl groups is 1. The van der Waals surface area contributed by atoms with E-state index in [9.17, 15) is 9.90 Å². The van der Waals surface area contributed by atoms with E-state index >= 15 is 0 Å². The molecule has 1 saturated heterocycles. The van der Waals surface area contributed by atoms with Crippen molar-refractivity contribution in [2.24, 2.45) is 11.8 Å². The minimum Gasteiger partial charge on any atom is -0.390 e. The third-order valence-corrected chi connectivity index (χ3v) is 7.21. The number of carbonyl (C=O) groups excluding carboxylic acids is 1. The molecule has 0 radical (unpaired) electrons. The average Bonchev–Trinajstić information content (AvgIpc) is 3.17. The molecule has 2 aliphatic rings. The van der Waals surface area contributed by atoms with Crippen LogP contribution in [0, 0.1) is 11.8 Å². The van der Waals surface area contributed by atoms with Gasteiger partial charge >= 0.3 is 6.03 Å². The highest BCUT2D eigenvalue weighted by atomic mass is 16.3. The number of fused-ring (bicyclic) bond motifs is 1. The van der Waals surface area contributed by atoms with Crippen LogP contribution in [0.2, 0.25) is 0 Å². The molecule has 4 heterocycles. The molecule has 0 aromatic carbocycles. The van der Waals surface area contributed by atoms with Crippen molar-refractivity contribution in [2.75, 3.05) is 11.9 Å². The maximum absolute atomic E-state index is 13.4. The summed E-state index contributed by atoms with van der Waals surface area (Å²) in [7, 11) is 0. The van der Waals surface area contributed by atoms with Crippen molar-refractivity contribution in [2.45, 2.75) is 71.1 Å². The second-order valence-electron chi connectivity index (χ2n) is 10.7. The van der Waals surface area contributed by atoms with Gasteiger partial charge in [0.15, 0.2) is 0 Å². The van der Waals surface area contributed by atoms with Crippen LogP contribution in [0.25, 0.3) is 22.3 Å². The Bertz CT molecular complexity index is 1170. The lowest BCUT2D eigenvalue weighted by atomic mass is 9.81. The number of pyridine rings is 1. The smallest absolute Gasteiger partial charge is 0.322 e. The predicted octanol–water partition coefficient (Wildman–Crippen LogP) is 4.02. The average molecular weight is 452 g/mol. The molecule has 1 unspecified atom stereocenters. The molecule has 2 fully saturated rings. The van der Waals surface area contributed by atoms with Gasteiger partial charge in [0.2, 0.25) is 0 Å². The molecule has 1 aliphatic heterocycles. The Kier molecular flexibility index (Phi) is 5.19. The molecule has 0 bridgehead atoms. The Labute approximate surface area is 193 Å². The van der Waals surface area contributed by atoms with Crippen molar-refractivity contribution in [3.63, 3.8) is 0 Å². The zero-order chi connectivity index (χ0) is 23.4. The fraction of sp³-hybridized carbons (Fsp3) is 0.583. The lowest BCUT2D eigenvalue weighted by molar-refractivity contribution is -0.0243. The van der Waals surface area contributed by atoms with E-state index in [0.717, 1.165) is 43.1 Å². The molecule has 9 heteroatoms. The zero-order valence-electron chi connectivity index (χ0n) is 19.8. The van der Waals surface area contributed by atoms with Crippen LogP contribution in [-0.2, 0) is 6.54 Å². The van der Waals surface area contributed by atoms with Crippen LogP contribution < -0.4 is 5.32 Å². The Balaban J connectivity index is 1.40. The summed E-state index contributed by atoms with van der Waals surface area (Å²) in [5.74, 6) is 0.530. The van der Waals surface area contributed by atoms with Gasteiger partial charge in [0.25, 0.3) is 0 Å². The second-order valence-corrected chi connectivity index (χ2v) is 10.7. The molecule has 1 spiro atoms. The third kappa shape index (κ3) is 4.10. The van der Waals surface area contributed by atoms with Crippen LogP contribution in [0.3, 0.4) is 0 Å². The molecule has 1 atom stereocenters. The number of aromatic nitrogens is 5. The van der Waals surface area contributed by atoms with E-state index in [0.29, 0.717) is 29.5 Å². The van der Waals surface area contributed by atoms with Crippen LogP contribution in [0.1, 0.15) is 53.4 Å². The highest BCUT2D eigenvalue weighted by Gasteiger charge is 2.54. The summed E-state index contributed by atoms with van der Waals surface area (Å²) in [6.07, 6.45) is 9.18. The second kappa shape index (κ2) is 7.83. The fourth-order valence-corrected chi connectivity index (χ4v) is 4.98. The van der Waals surface area contributed by atoms with E-state index in [1.54, 1.807) is 12.4 Å². The molecule has 1 saturated carbocycles. The highest BCUT2D eigenvalue weighted by Crippen LogP contribution is 2.51. The number of carbonyl (C=O) groups is 1. The number of hydrogen-bond acceptors (Lipinski definition) is 5. The quantitative estimate of drug-likeness (QED) is 0.542. The normalized spacial score (nSPS) is 20.1. The number of rotatable bonds is 5. The first-order valence-electron chi connectivity index (χ1n) is 11.8. The largest absolute Gasteiger partial charge is 0.390 e. The highest BCUT2D eigenvalue weighted by molar-refractivity contribution is 5.94. The van der Waals surface area contributed by atoms with Crippen molar-refractivity contribution in [3.05, 3.63) is 24.7 Å². The van der Waals surface area contributed by atoms with E-state index in [2.05, 4.69) is 39.4 Å². The molecule has 2 amide bonds. The van der Waals surface area contributed by atoms with E-state index in [4.69, 9.17) is 0 Å². The van der Waals surface area contributed by atoms with Gasteiger partial charge in [0.1, 0.15) is 5.69 Å². The molecular weight excluding hydrogens is 418 g/mol. The van der Waals surface area contributed by atoms with Crippen LogP contribution in [-0.4, -0.2) is 58.7 Å². The van der Waals surface area contributed by atoms with Crippen molar-refractivity contribution in [1.29, 1.82) is 0 Å². The van der Waals surface area contributed by atoms with Crippen molar-refractivity contribution in [3.8, 4) is 11.4 Å². The summed E-state index contributed by atoms with van der Waals surface area (Å²) in [6.45, 7) is 9.36. The van der Waals surface area contributed by atoms with Crippen LogP contribution >= 0.6 is 0 Å². The topological polar surface area (TPSA) is 112 Å². The van der Waals surface area contributed by atoms with Crippen LogP contribution in [0.5, 0.6) is 0 Å². The first-order chi connectivity index (χ1) is 15.7. The van der Waals surface area contributed by atoms with E-state index < -0.39 is 5.60 Å².